The molecule has 0 saturated carbocycles. The number of anilines is 1. The SMILES string of the molecule is COC(CN)CCN(C)c1ccc(C)cc1C. The molecular formula is C14H24N2O. The second-order valence-electron chi connectivity index (χ2n) is 4.59. The van der Waals surface area contributed by atoms with Gasteiger partial charge in [-0.3, -0.25) is 0 Å². The predicted molar refractivity (Wildman–Crippen MR) is 73.7 cm³/mol. The topological polar surface area (TPSA) is 38.5 Å². The third kappa shape index (κ3) is 4.02. The number of rotatable bonds is 6. The lowest BCUT2D eigenvalue weighted by Gasteiger charge is -2.23. The van der Waals surface area contributed by atoms with Gasteiger partial charge in [0.05, 0.1) is 6.10 Å². The summed E-state index contributed by atoms with van der Waals surface area (Å²) in [7, 11) is 3.83. The van der Waals surface area contributed by atoms with Crippen molar-refractivity contribution >= 4 is 5.69 Å². The van der Waals surface area contributed by atoms with E-state index in [0.29, 0.717) is 6.54 Å². The van der Waals surface area contributed by atoms with Gasteiger partial charge in [0.15, 0.2) is 0 Å². The Balaban J connectivity index is 2.60. The number of nitrogens with zero attached hydrogens (tertiary/aromatic N) is 1. The summed E-state index contributed by atoms with van der Waals surface area (Å²) in [5.41, 5.74) is 9.51. The van der Waals surface area contributed by atoms with Crippen LogP contribution < -0.4 is 10.6 Å². The number of aryl methyl sites for hydroxylation is 2. The van der Waals surface area contributed by atoms with Gasteiger partial charge < -0.3 is 15.4 Å². The highest BCUT2D eigenvalue weighted by Crippen LogP contribution is 2.20. The van der Waals surface area contributed by atoms with Gasteiger partial charge in [0.2, 0.25) is 0 Å². The molecule has 0 radical (unpaired) electrons. The fraction of sp³-hybridized carbons (Fsp3) is 0.571. The molecule has 0 fully saturated rings. The van der Waals surface area contributed by atoms with Crippen LogP contribution >= 0.6 is 0 Å². The van der Waals surface area contributed by atoms with E-state index in [-0.39, 0.29) is 6.10 Å². The Bertz CT molecular complexity index is 348. The molecule has 2 N–H and O–H groups in total. The second-order valence-corrected chi connectivity index (χ2v) is 4.59. The molecule has 0 saturated heterocycles. The molecule has 1 atom stereocenters. The summed E-state index contributed by atoms with van der Waals surface area (Å²) in [5, 5.41) is 0. The molecule has 1 unspecified atom stereocenters. The maximum absolute atomic E-state index is 5.61. The molecule has 1 aromatic rings. The van der Waals surface area contributed by atoms with Crippen LogP contribution in [0, 0.1) is 13.8 Å². The Kier molecular flexibility index (Phi) is 5.45. The lowest BCUT2D eigenvalue weighted by Crippen LogP contribution is -2.29. The highest BCUT2D eigenvalue weighted by molar-refractivity contribution is 5.53. The van der Waals surface area contributed by atoms with Crippen molar-refractivity contribution in [1.82, 2.24) is 0 Å². The zero-order chi connectivity index (χ0) is 12.8. The van der Waals surface area contributed by atoms with Gasteiger partial charge in [-0.15, -0.1) is 0 Å². The molecule has 0 aliphatic carbocycles. The van der Waals surface area contributed by atoms with Gasteiger partial charge in [-0.25, -0.2) is 0 Å². The normalized spacial score (nSPS) is 12.5. The van der Waals surface area contributed by atoms with Gasteiger partial charge in [-0.05, 0) is 31.9 Å². The molecule has 1 rings (SSSR count). The van der Waals surface area contributed by atoms with Crippen molar-refractivity contribution in [2.75, 3.05) is 32.1 Å². The van der Waals surface area contributed by atoms with Crippen molar-refractivity contribution in [2.45, 2.75) is 26.4 Å². The summed E-state index contributed by atoms with van der Waals surface area (Å²) in [4.78, 5) is 2.26. The van der Waals surface area contributed by atoms with Gasteiger partial charge in [-0.1, -0.05) is 17.7 Å². The van der Waals surface area contributed by atoms with Crippen molar-refractivity contribution in [2.24, 2.45) is 5.73 Å². The van der Waals surface area contributed by atoms with E-state index in [1.807, 2.05) is 0 Å². The summed E-state index contributed by atoms with van der Waals surface area (Å²) in [6.07, 6.45) is 1.11. The van der Waals surface area contributed by atoms with E-state index in [1.54, 1.807) is 7.11 Å². The fourth-order valence-corrected chi connectivity index (χ4v) is 2.02. The number of hydrogen-bond acceptors (Lipinski definition) is 3. The highest BCUT2D eigenvalue weighted by Gasteiger charge is 2.08. The quantitative estimate of drug-likeness (QED) is 0.822. The van der Waals surface area contributed by atoms with Crippen molar-refractivity contribution in [3.63, 3.8) is 0 Å². The van der Waals surface area contributed by atoms with Crippen LogP contribution in [0.5, 0.6) is 0 Å². The average molecular weight is 236 g/mol. The van der Waals surface area contributed by atoms with Gasteiger partial charge in [0.1, 0.15) is 0 Å². The van der Waals surface area contributed by atoms with Crippen LogP contribution in [0.2, 0.25) is 0 Å². The van der Waals surface area contributed by atoms with Crippen molar-refractivity contribution < 1.29 is 4.74 Å². The molecule has 0 heterocycles. The minimum atomic E-state index is 0.156. The van der Waals surface area contributed by atoms with Gasteiger partial charge in [-0.2, -0.15) is 0 Å². The van der Waals surface area contributed by atoms with Crippen LogP contribution in [0.25, 0.3) is 0 Å². The molecule has 0 bridgehead atoms. The lowest BCUT2D eigenvalue weighted by molar-refractivity contribution is 0.104. The Labute approximate surface area is 105 Å². The monoisotopic (exact) mass is 236 g/mol. The van der Waals surface area contributed by atoms with Crippen molar-refractivity contribution in [3.8, 4) is 0 Å². The summed E-state index contributed by atoms with van der Waals surface area (Å²) >= 11 is 0. The van der Waals surface area contributed by atoms with E-state index in [4.69, 9.17) is 10.5 Å². The third-order valence-corrected chi connectivity index (χ3v) is 3.15. The maximum atomic E-state index is 5.61. The number of ether oxygens (including phenoxy) is 1. The first-order valence-electron chi connectivity index (χ1n) is 6.09. The minimum absolute atomic E-state index is 0.156. The van der Waals surface area contributed by atoms with Gasteiger partial charge >= 0.3 is 0 Å². The Morgan fingerprint density at radius 1 is 1.35 bits per heavy atom. The summed E-state index contributed by atoms with van der Waals surface area (Å²) in [6.45, 7) is 5.80. The molecule has 1 aromatic carbocycles. The molecule has 0 spiro atoms. The zero-order valence-electron chi connectivity index (χ0n) is 11.4. The molecule has 17 heavy (non-hydrogen) atoms. The van der Waals surface area contributed by atoms with E-state index < -0.39 is 0 Å². The number of methoxy groups -OCH3 is 1. The molecule has 0 aromatic heterocycles. The number of nitrogens with two attached hydrogens (primary N) is 1. The molecule has 0 aliphatic rings. The Morgan fingerprint density at radius 2 is 2.06 bits per heavy atom. The molecule has 96 valence electrons. The van der Waals surface area contributed by atoms with E-state index in [2.05, 4.69) is 44.0 Å². The van der Waals surface area contributed by atoms with Crippen LogP contribution in [-0.4, -0.2) is 33.4 Å². The van der Waals surface area contributed by atoms with E-state index in [1.165, 1.54) is 16.8 Å². The average Bonchev–Trinajstić information content (AvgIpc) is 2.30. The van der Waals surface area contributed by atoms with Crippen molar-refractivity contribution in [1.29, 1.82) is 0 Å². The number of benzene rings is 1. The standard InChI is InChI=1S/C14H24N2O/c1-11-5-6-14(12(2)9-11)16(3)8-7-13(10-15)17-4/h5-6,9,13H,7-8,10,15H2,1-4H3. The predicted octanol–water partition coefficient (Wildman–Crippen LogP) is 2.10. The van der Waals surface area contributed by atoms with Crippen LogP contribution in [0.4, 0.5) is 5.69 Å². The molecule has 0 aliphatic heterocycles. The third-order valence-electron chi connectivity index (χ3n) is 3.15. The first-order valence-corrected chi connectivity index (χ1v) is 6.09. The van der Waals surface area contributed by atoms with Crippen molar-refractivity contribution in [3.05, 3.63) is 29.3 Å². The summed E-state index contributed by atoms with van der Waals surface area (Å²) < 4.78 is 5.28. The minimum Gasteiger partial charge on any atom is -0.380 e. The molecule has 0 amide bonds. The van der Waals surface area contributed by atoms with Crippen LogP contribution in [-0.2, 0) is 4.74 Å². The summed E-state index contributed by atoms with van der Waals surface area (Å²) in [5.74, 6) is 0. The van der Waals surface area contributed by atoms with E-state index >= 15 is 0 Å². The molecule has 3 heteroatoms. The Hall–Kier alpha value is -1.06. The van der Waals surface area contributed by atoms with Gasteiger partial charge in [0.25, 0.3) is 0 Å². The first-order chi connectivity index (χ1) is 8.08. The highest BCUT2D eigenvalue weighted by atomic mass is 16.5. The number of hydrogen-bond donors (Lipinski definition) is 1. The zero-order valence-corrected chi connectivity index (χ0v) is 11.4. The fourth-order valence-electron chi connectivity index (χ4n) is 2.02. The molecular weight excluding hydrogens is 212 g/mol. The largest absolute Gasteiger partial charge is 0.380 e. The van der Waals surface area contributed by atoms with E-state index in [9.17, 15) is 0 Å². The Morgan fingerprint density at radius 3 is 2.59 bits per heavy atom. The first kappa shape index (κ1) is 14.0. The van der Waals surface area contributed by atoms with E-state index in [0.717, 1.165) is 13.0 Å². The smallest absolute Gasteiger partial charge is 0.0710 e. The molecule has 3 nitrogen and oxygen atoms in total. The van der Waals surface area contributed by atoms with Crippen LogP contribution in [0.15, 0.2) is 18.2 Å². The lowest BCUT2D eigenvalue weighted by atomic mass is 10.1. The summed E-state index contributed by atoms with van der Waals surface area (Å²) in [6, 6.07) is 6.53. The maximum Gasteiger partial charge on any atom is 0.0710 e. The van der Waals surface area contributed by atoms with Gasteiger partial charge in [0, 0.05) is 32.9 Å². The van der Waals surface area contributed by atoms with Crippen LogP contribution in [0.1, 0.15) is 17.5 Å². The van der Waals surface area contributed by atoms with Crippen LogP contribution in [0.3, 0.4) is 0 Å². The second kappa shape index (κ2) is 6.62.